The van der Waals surface area contributed by atoms with Gasteiger partial charge in [-0.1, -0.05) is 13.8 Å². The second-order valence-electron chi connectivity index (χ2n) is 3.40. The van der Waals surface area contributed by atoms with E-state index in [4.69, 9.17) is 10.5 Å². The molecule has 0 aromatic rings. The van der Waals surface area contributed by atoms with Crippen LogP contribution in [0.1, 0.15) is 39.5 Å². The van der Waals surface area contributed by atoms with Crippen molar-refractivity contribution in [3.05, 3.63) is 0 Å². The Labute approximate surface area is 69.1 Å². The van der Waals surface area contributed by atoms with Gasteiger partial charge in [0.1, 0.15) is 0 Å². The van der Waals surface area contributed by atoms with Gasteiger partial charge in [-0.2, -0.15) is 0 Å². The predicted molar refractivity (Wildman–Crippen MR) is 46.5 cm³/mol. The molecular weight excluding hydrogens is 138 g/mol. The van der Waals surface area contributed by atoms with Gasteiger partial charge in [0.15, 0.2) is 0 Å². The zero-order valence-corrected chi connectivity index (χ0v) is 7.60. The quantitative estimate of drug-likeness (QED) is 0.676. The van der Waals surface area contributed by atoms with Gasteiger partial charge in [-0.05, 0) is 25.7 Å². The molecule has 66 valence electrons. The van der Waals surface area contributed by atoms with Gasteiger partial charge in [0.25, 0.3) is 0 Å². The highest BCUT2D eigenvalue weighted by molar-refractivity contribution is 4.86. The van der Waals surface area contributed by atoms with Crippen molar-refractivity contribution in [1.82, 2.24) is 0 Å². The van der Waals surface area contributed by atoms with E-state index >= 15 is 0 Å². The number of hydrogen-bond acceptors (Lipinski definition) is 2. The molecule has 1 rings (SSSR count). The largest absolute Gasteiger partial charge is 0.370 e. The van der Waals surface area contributed by atoms with Crippen LogP contribution in [0.25, 0.3) is 0 Å². The van der Waals surface area contributed by atoms with Crippen LogP contribution < -0.4 is 5.73 Å². The molecule has 0 aliphatic carbocycles. The highest BCUT2D eigenvalue weighted by atomic mass is 16.5. The Hall–Kier alpha value is -0.0800. The summed E-state index contributed by atoms with van der Waals surface area (Å²) in [4.78, 5) is 0. The van der Waals surface area contributed by atoms with Crippen LogP contribution in [0.2, 0.25) is 0 Å². The van der Waals surface area contributed by atoms with Gasteiger partial charge in [0.2, 0.25) is 0 Å². The molecule has 0 amide bonds. The van der Waals surface area contributed by atoms with Crippen LogP contribution >= 0.6 is 0 Å². The maximum absolute atomic E-state index is 5.87. The lowest BCUT2D eigenvalue weighted by Crippen LogP contribution is -2.29. The fourth-order valence-corrected chi connectivity index (χ4v) is 1.83. The van der Waals surface area contributed by atoms with E-state index in [1.807, 2.05) is 0 Å². The summed E-state index contributed by atoms with van der Waals surface area (Å²) in [5.74, 6) is 0. The Balaban J connectivity index is 2.48. The molecule has 1 aliphatic heterocycles. The maximum Gasteiger partial charge on any atom is 0.0705 e. The highest BCUT2D eigenvalue weighted by Gasteiger charge is 2.36. The first kappa shape index (κ1) is 9.01. The summed E-state index contributed by atoms with van der Waals surface area (Å²) in [7, 11) is 0. The van der Waals surface area contributed by atoms with E-state index in [9.17, 15) is 0 Å². The highest BCUT2D eigenvalue weighted by Crippen LogP contribution is 2.35. The smallest absolute Gasteiger partial charge is 0.0705 e. The summed E-state index contributed by atoms with van der Waals surface area (Å²) in [6.07, 6.45) is 4.93. The summed E-state index contributed by atoms with van der Waals surface area (Å²) in [6, 6.07) is 0. The van der Waals surface area contributed by atoms with Crippen molar-refractivity contribution in [3.8, 4) is 0 Å². The molecule has 0 radical (unpaired) electrons. The second kappa shape index (κ2) is 3.55. The Morgan fingerprint density at radius 3 is 2.36 bits per heavy atom. The van der Waals surface area contributed by atoms with Crippen LogP contribution in [0.5, 0.6) is 0 Å². The minimum atomic E-state index is 0.171. The topological polar surface area (TPSA) is 35.2 Å². The van der Waals surface area contributed by atoms with Crippen LogP contribution in [0, 0.1) is 0 Å². The molecule has 0 aromatic heterocycles. The monoisotopic (exact) mass is 157 g/mol. The van der Waals surface area contributed by atoms with E-state index in [1.165, 1.54) is 6.42 Å². The maximum atomic E-state index is 5.87. The lowest BCUT2D eigenvalue weighted by Gasteiger charge is -2.26. The number of rotatable bonds is 3. The molecule has 11 heavy (non-hydrogen) atoms. The molecule has 2 N–H and O–H groups in total. The summed E-state index contributed by atoms with van der Waals surface area (Å²) in [6.45, 7) is 5.08. The summed E-state index contributed by atoms with van der Waals surface area (Å²) in [5, 5.41) is 0. The molecule has 1 unspecified atom stereocenters. The number of hydrogen-bond donors (Lipinski definition) is 1. The molecule has 0 bridgehead atoms. The standard InChI is InChI=1S/C9H19NO/c1-3-9(4-2)6-5-8(7-10)11-9/h8H,3-7,10H2,1-2H3. The fourth-order valence-electron chi connectivity index (χ4n) is 1.83. The first-order valence-electron chi connectivity index (χ1n) is 4.64. The first-order chi connectivity index (χ1) is 5.26. The normalized spacial score (nSPS) is 29.2. The van der Waals surface area contributed by atoms with Gasteiger partial charge >= 0.3 is 0 Å². The van der Waals surface area contributed by atoms with Gasteiger partial charge < -0.3 is 10.5 Å². The molecule has 0 saturated carbocycles. The predicted octanol–water partition coefficient (Wildman–Crippen LogP) is 1.68. The Kier molecular flexibility index (Phi) is 2.90. The third-order valence-electron chi connectivity index (χ3n) is 2.89. The van der Waals surface area contributed by atoms with E-state index in [2.05, 4.69) is 13.8 Å². The summed E-state index contributed by atoms with van der Waals surface area (Å²) in [5.41, 5.74) is 5.71. The van der Waals surface area contributed by atoms with Crippen LogP contribution in [-0.2, 0) is 4.74 Å². The zero-order valence-electron chi connectivity index (χ0n) is 7.60. The Bertz CT molecular complexity index is 121. The van der Waals surface area contributed by atoms with Gasteiger partial charge in [-0.25, -0.2) is 0 Å². The third kappa shape index (κ3) is 1.74. The van der Waals surface area contributed by atoms with Crippen molar-refractivity contribution in [3.63, 3.8) is 0 Å². The summed E-state index contributed by atoms with van der Waals surface area (Å²) >= 11 is 0. The minimum Gasteiger partial charge on any atom is -0.370 e. The fraction of sp³-hybridized carbons (Fsp3) is 1.00. The van der Waals surface area contributed by atoms with Crippen molar-refractivity contribution in [2.75, 3.05) is 6.54 Å². The molecule has 0 spiro atoms. The van der Waals surface area contributed by atoms with Crippen molar-refractivity contribution in [2.24, 2.45) is 5.73 Å². The first-order valence-corrected chi connectivity index (χ1v) is 4.64. The van der Waals surface area contributed by atoms with E-state index in [1.54, 1.807) is 0 Å². The summed E-state index contributed by atoms with van der Waals surface area (Å²) < 4.78 is 5.87. The average molecular weight is 157 g/mol. The molecule has 1 fully saturated rings. The van der Waals surface area contributed by atoms with Crippen LogP contribution in [-0.4, -0.2) is 18.2 Å². The number of ether oxygens (including phenoxy) is 1. The average Bonchev–Trinajstić information content (AvgIpc) is 2.49. The van der Waals surface area contributed by atoms with Crippen LogP contribution in [0.4, 0.5) is 0 Å². The van der Waals surface area contributed by atoms with Gasteiger partial charge in [-0.15, -0.1) is 0 Å². The Morgan fingerprint density at radius 2 is 2.09 bits per heavy atom. The van der Waals surface area contributed by atoms with Crippen molar-refractivity contribution < 1.29 is 4.74 Å². The molecule has 2 nitrogen and oxygen atoms in total. The van der Waals surface area contributed by atoms with Crippen LogP contribution in [0.3, 0.4) is 0 Å². The SMILES string of the molecule is CCC1(CC)CCC(CN)O1. The van der Waals surface area contributed by atoms with E-state index in [-0.39, 0.29) is 5.60 Å². The minimum absolute atomic E-state index is 0.171. The van der Waals surface area contributed by atoms with Gasteiger partial charge in [0.05, 0.1) is 11.7 Å². The number of nitrogens with two attached hydrogens (primary N) is 1. The Morgan fingerprint density at radius 1 is 1.45 bits per heavy atom. The van der Waals surface area contributed by atoms with Gasteiger partial charge in [0, 0.05) is 6.54 Å². The van der Waals surface area contributed by atoms with Crippen LogP contribution in [0.15, 0.2) is 0 Å². The zero-order chi connectivity index (χ0) is 8.32. The lowest BCUT2D eigenvalue weighted by atomic mass is 9.94. The van der Waals surface area contributed by atoms with Gasteiger partial charge in [-0.3, -0.25) is 0 Å². The van der Waals surface area contributed by atoms with Crippen molar-refractivity contribution in [1.29, 1.82) is 0 Å². The molecule has 1 aliphatic rings. The molecule has 0 aromatic carbocycles. The molecule has 2 heteroatoms. The third-order valence-corrected chi connectivity index (χ3v) is 2.89. The molecule has 1 heterocycles. The second-order valence-corrected chi connectivity index (χ2v) is 3.40. The lowest BCUT2D eigenvalue weighted by molar-refractivity contribution is -0.0422. The van der Waals surface area contributed by atoms with E-state index in [0.717, 1.165) is 19.3 Å². The molecule has 1 saturated heterocycles. The molecule has 1 atom stereocenters. The van der Waals surface area contributed by atoms with Crippen molar-refractivity contribution >= 4 is 0 Å². The molecular formula is C9H19NO. The van der Waals surface area contributed by atoms with E-state index in [0.29, 0.717) is 12.6 Å². The van der Waals surface area contributed by atoms with Crippen molar-refractivity contribution in [2.45, 2.75) is 51.2 Å². The van der Waals surface area contributed by atoms with E-state index < -0.39 is 0 Å².